The molecule has 112 valence electrons. The predicted molar refractivity (Wildman–Crippen MR) is 84.0 cm³/mol. The Balaban J connectivity index is 1.56. The van der Waals surface area contributed by atoms with Crippen LogP contribution in [0, 0.1) is 12.8 Å². The second kappa shape index (κ2) is 6.64. The number of hydrogen-bond acceptors (Lipinski definition) is 2. The second-order valence-corrected chi connectivity index (χ2v) is 6.82. The molecule has 1 N–H and O–H groups in total. The number of aromatic nitrogens is 2. The van der Waals surface area contributed by atoms with Crippen molar-refractivity contribution in [3.63, 3.8) is 0 Å². The lowest BCUT2D eigenvalue weighted by atomic mass is 9.87. The standard InChI is InChI=1S/C17H29N3/c1-14-13-20(12-11-15-7-3-2-4-8-15)17(18-14)19-16-9-5-6-10-16/h13,15-16H,2-12H2,1H3,(H,18,19). The highest BCUT2D eigenvalue weighted by molar-refractivity contribution is 5.30. The Morgan fingerprint density at radius 2 is 1.80 bits per heavy atom. The van der Waals surface area contributed by atoms with Crippen molar-refractivity contribution in [1.29, 1.82) is 0 Å². The number of aryl methyl sites for hydroxylation is 2. The molecule has 2 aliphatic carbocycles. The SMILES string of the molecule is Cc1cn(CCC2CCCCC2)c(NC2CCCC2)n1. The molecule has 1 aromatic rings. The van der Waals surface area contributed by atoms with Gasteiger partial charge in [0, 0.05) is 18.8 Å². The van der Waals surface area contributed by atoms with Crippen LogP contribution in [0.1, 0.15) is 69.9 Å². The Labute approximate surface area is 123 Å². The maximum atomic E-state index is 4.69. The molecule has 3 rings (SSSR count). The summed E-state index contributed by atoms with van der Waals surface area (Å²) in [5.74, 6) is 2.07. The summed E-state index contributed by atoms with van der Waals surface area (Å²) in [4.78, 5) is 4.69. The first-order valence-electron chi connectivity index (χ1n) is 8.61. The Kier molecular flexibility index (Phi) is 4.64. The number of hydrogen-bond donors (Lipinski definition) is 1. The number of anilines is 1. The van der Waals surface area contributed by atoms with Crippen molar-refractivity contribution in [1.82, 2.24) is 9.55 Å². The number of rotatable bonds is 5. The molecular formula is C17H29N3. The Morgan fingerprint density at radius 1 is 1.10 bits per heavy atom. The van der Waals surface area contributed by atoms with Crippen molar-refractivity contribution in [2.45, 2.75) is 83.7 Å². The molecule has 0 aromatic carbocycles. The van der Waals surface area contributed by atoms with E-state index in [-0.39, 0.29) is 0 Å². The highest BCUT2D eigenvalue weighted by Crippen LogP contribution is 2.28. The van der Waals surface area contributed by atoms with Crippen LogP contribution in [-0.2, 0) is 6.54 Å². The smallest absolute Gasteiger partial charge is 0.203 e. The third-order valence-corrected chi connectivity index (χ3v) is 5.09. The van der Waals surface area contributed by atoms with E-state index in [1.54, 1.807) is 0 Å². The van der Waals surface area contributed by atoms with E-state index in [9.17, 15) is 0 Å². The fraction of sp³-hybridized carbons (Fsp3) is 0.824. The van der Waals surface area contributed by atoms with Crippen LogP contribution in [0.15, 0.2) is 6.20 Å². The molecule has 1 heterocycles. The van der Waals surface area contributed by atoms with Gasteiger partial charge in [0.1, 0.15) is 0 Å². The van der Waals surface area contributed by atoms with Crippen molar-refractivity contribution in [2.24, 2.45) is 5.92 Å². The van der Waals surface area contributed by atoms with Gasteiger partial charge in [-0.15, -0.1) is 0 Å². The average molecular weight is 275 g/mol. The largest absolute Gasteiger partial charge is 0.353 e. The lowest BCUT2D eigenvalue weighted by Crippen LogP contribution is -2.19. The van der Waals surface area contributed by atoms with Crippen LogP contribution >= 0.6 is 0 Å². The van der Waals surface area contributed by atoms with Gasteiger partial charge in [-0.05, 0) is 32.1 Å². The minimum absolute atomic E-state index is 0.658. The summed E-state index contributed by atoms with van der Waals surface area (Å²) in [7, 11) is 0. The molecule has 2 aliphatic rings. The van der Waals surface area contributed by atoms with Crippen molar-refractivity contribution in [3.05, 3.63) is 11.9 Å². The maximum Gasteiger partial charge on any atom is 0.203 e. The molecular weight excluding hydrogens is 246 g/mol. The normalized spacial score (nSPS) is 21.4. The summed E-state index contributed by atoms with van der Waals surface area (Å²) in [6, 6.07) is 0.658. The topological polar surface area (TPSA) is 29.9 Å². The van der Waals surface area contributed by atoms with Crippen LogP contribution in [0.2, 0.25) is 0 Å². The second-order valence-electron chi connectivity index (χ2n) is 6.82. The zero-order valence-electron chi connectivity index (χ0n) is 12.9. The van der Waals surface area contributed by atoms with E-state index in [0.29, 0.717) is 6.04 Å². The van der Waals surface area contributed by atoms with E-state index >= 15 is 0 Å². The lowest BCUT2D eigenvalue weighted by Gasteiger charge is -2.22. The monoisotopic (exact) mass is 275 g/mol. The molecule has 0 spiro atoms. The van der Waals surface area contributed by atoms with E-state index < -0.39 is 0 Å². The molecule has 2 fully saturated rings. The quantitative estimate of drug-likeness (QED) is 0.856. The summed E-state index contributed by atoms with van der Waals surface area (Å²) in [5, 5.41) is 3.67. The lowest BCUT2D eigenvalue weighted by molar-refractivity contribution is 0.324. The third kappa shape index (κ3) is 3.56. The van der Waals surface area contributed by atoms with Crippen LogP contribution in [0.25, 0.3) is 0 Å². The molecule has 0 aliphatic heterocycles. The molecule has 0 bridgehead atoms. The van der Waals surface area contributed by atoms with Gasteiger partial charge in [-0.1, -0.05) is 44.9 Å². The van der Waals surface area contributed by atoms with Gasteiger partial charge in [0.15, 0.2) is 0 Å². The van der Waals surface area contributed by atoms with Gasteiger partial charge in [-0.25, -0.2) is 4.98 Å². The predicted octanol–water partition coefficient (Wildman–Crippen LogP) is 4.52. The van der Waals surface area contributed by atoms with Crippen LogP contribution in [0.5, 0.6) is 0 Å². The van der Waals surface area contributed by atoms with E-state index in [4.69, 9.17) is 0 Å². The molecule has 20 heavy (non-hydrogen) atoms. The van der Waals surface area contributed by atoms with E-state index in [0.717, 1.165) is 24.1 Å². The van der Waals surface area contributed by atoms with Gasteiger partial charge in [0.05, 0.1) is 5.69 Å². The van der Waals surface area contributed by atoms with Crippen molar-refractivity contribution >= 4 is 5.95 Å². The van der Waals surface area contributed by atoms with E-state index in [1.165, 1.54) is 64.2 Å². The first kappa shape index (κ1) is 14.0. The molecule has 0 saturated heterocycles. The molecule has 0 radical (unpaired) electrons. The van der Waals surface area contributed by atoms with E-state index in [2.05, 4.69) is 28.0 Å². The molecule has 3 nitrogen and oxygen atoms in total. The van der Waals surface area contributed by atoms with Gasteiger partial charge in [-0.3, -0.25) is 0 Å². The number of nitrogens with zero attached hydrogens (tertiary/aromatic N) is 2. The van der Waals surface area contributed by atoms with Crippen LogP contribution in [-0.4, -0.2) is 15.6 Å². The highest BCUT2D eigenvalue weighted by Gasteiger charge is 2.18. The average Bonchev–Trinajstić information content (AvgIpc) is 3.08. The Morgan fingerprint density at radius 3 is 2.55 bits per heavy atom. The molecule has 0 atom stereocenters. The van der Waals surface area contributed by atoms with Gasteiger partial charge >= 0.3 is 0 Å². The van der Waals surface area contributed by atoms with Gasteiger partial charge in [0.25, 0.3) is 0 Å². The molecule has 1 aromatic heterocycles. The first-order chi connectivity index (χ1) is 9.81. The first-order valence-corrected chi connectivity index (χ1v) is 8.61. The van der Waals surface area contributed by atoms with E-state index in [1.807, 2.05) is 0 Å². The summed E-state index contributed by atoms with van der Waals surface area (Å²) in [6.45, 7) is 3.25. The van der Waals surface area contributed by atoms with Gasteiger partial charge < -0.3 is 9.88 Å². The van der Waals surface area contributed by atoms with Crippen LogP contribution in [0.4, 0.5) is 5.95 Å². The summed E-state index contributed by atoms with van der Waals surface area (Å²) < 4.78 is 2.36. The zero-order chi connectivity index (χ0) is 13.8. The van der Waals surface area contributed by atoms with Crippen molar-refractivity contribution < 1.29 is 0 Å². The fourth-order valence-electron chi connectivity index (χ4n) is 3.88. The fourth-order valence-corrected chi connectivity index (χ4v) is 3.88. The number of nitrogens with one attached hydrogen (secondary N) is 1. The summed E-state index contributed by atoms with van der Waals surface area (Å²) >= 11 is 0. The maximum absolute atomic E-state index is 4.69. The van der Waals surface area contributed by atoms with Gasteiger partial charge in [-0.2, -0.15) is 0 Å². The Bertz CT molecular complexity index is 412. The van der Waals surface area contributed by atoms with Crippen molar-refractivity contribution in [2.75, 3.05) is 5.32 Å². The summed E-state index contributed by atoms with van der Waals surface area (Å²) in [5.41, 5.74) is 1.15. The summed E-state index contributed by atoms with van der Waals surface area (Å²) in [6.07, 6.45) is 16.2. The number of imidazole rings is 1. The van der Waals surface area contributed by atoms with Crippen LogP contribution < -0.4 is 5.32 Å². The molecule has 3 heteroatoms. The molecule has 2 saturated carbocycles. The zero-order valence-corrected chi connectivity index (χ0v) is 12.9. The highest BCUT2D eigenvalue weighted by atomic mass is 15.2. The Hall–Kier alpha value is -0.990. The van der Waals surface area contributed by atoms with Crippen LogP contribution in [0.3, 0.4) is 0 Å². The molecule has 0 unspecified atom stereocenters. The minimum atomic E-state index is 0.658. The molecule has 0 amide bonds. The van der Waals surface area contributed by atoms with Gasteiger partial charge in [0.2, 0.25) is 5.95 Å². The van der Waals surface area contributed by atoms with Crippen molar-refractivity contribution in [3.8, 4) is 0 Å². The minimum Gasteiger partial charge on any atom is -0.353 e. The third-order valence-electron chi connectivity index (χ3n) is 5.09.